The van der Waals surface area contributed by atoms with Crippen molar-refractivity contribution in [1.82, 2.24) is 4.98 Å². The number of benzene rings is 1. The van der Waals surface area contributed by atoms with Crippen LogP contribution in [0.1, 0.15) is 18.7 Å². The molecule has 2 rings (SSSR count). The summed E-state index contributed by atoms with van der Waals surface area (Å²) in [4.78, 5) is 17.3. The fourth-order valence-corrected chi connectivity index (χ4v) is 2.61. The van der Waals surface area contributed by atoms with Gasteiger partial charge in [-0.25, -0.2) is 4.98 Å². The molecule has 0 saturated heterocycles. The van der Waals surface area contributed by atoms with E-state index in [0.29, 0.717) is 5.13 Å². The predicted octanol–water partition coefficient (Wildman–Crippen LogP) is 3.08. The first kappa shape index (κ1) is 16.6. The number of hydrogen-bond donors (Lipinski definition) is 2. The molecular weight excluding hydrogens is 294 g/mol. The second kappa shape index (κ2) is 7.38. The Bertz CT molecular complexity index is 569. The van der Waals surface area contributed by atoms with E-state index in [1.165, 1.54) is 11.3 Å². The van der Waals surface area contributed by atoms with Crippen molar-refractivity contribution in [3.8, 4) is 11.3 Å². The number of anilines is 1. The number of aryl methyl sites for hydroxylation is 1. The Labute approximate surface area is 128 Å². The maximum atomic E-state index is 11.6. The average molecular weight is 312 g/mol. The Kier molecular flexibility index (Phi) is 6.13. The molecular formula is C14H18ClN3OS. The minimum atomic E-state index is -0.533. The van der Waals surface area contributed by atoms with Crippen LogP contribution in [-0.2, 0) is 11.2 Å². The number of carbonyl (C=O) groups is 1. The van der Waals surface area contributed by atoms with E-state index in [9.17, 15) is 4.79 Å². The fraction of sp³-hybridized carbons (Fsp3) is 0.286. The molecule has 6 heteroatoms. The van der Waals surface area contributed by atoms with Crippen LogP contribution in [0.4, 0.5) is 5.13 Å². The summed E-state index contributed by atoms with van der Waals surface area (Å²) >= 11 is 1.50. The number of amides is 1. The third-order valence-electron chi connectivity index (χ3n) is 2.71. The van der Waals surface area contributed by atoms with Crippen LogP contribution in [0.5, 0.6) is 0 Å². The minimum Gasteiger partial charge on any atom is -0.320 e. The molecule has 108 valence electrons. The number of hydrogen-bond acceptors (Lipinski definition) is 4. The second-order valence-corrected chi connectivity index (χ2v) is 5.37. The molecule has 0 saturated carbocycles. The smallest absolute Gasteiger partial charge is 0.242 e. The Morgan fingerprint density at radius 2 is 2.05 bits per heavy atom. The number of nitrogens with two attached hydrogens (primary N) is 1. The first-order valence-electron chi connectivity index (χ1n) is 6.23. The molecule has 0 unspecified atom stereocenters. The number of aromatic nitrogens is 1. The zero-order chi connectivity index (χ0) is 13.8. The van der Waals surface area contributed by atoms with E-state index >= 15 is 0 Å². The lowest BCUT2D eigenvalue weighted by molar-refractivity contribution is -0.117. The summed E-state index contributed by atoms with van der Waals surface area (Å²) in [6.45, 7) is 3.74. The van der Waals surface area contributed by atoms with E-state index in [1.807, 2.05) is 30.3 Å². The highest BCUT2D eigenvalue weighted by molar-refractivity contribution is 7.16. The molecule has 2 aromatic rings. The highest BCUT2D eigenvalue weighted by Gasteiger charge is 2.14. The van der Waals surface area contributed by atoms with Crippen LogP contribution < -0.4 is 11.1 Å². The van der Waals surface area contributed by atoms with Gasteiger partial charge in [-0.2, -0.15) is 0 Å². The van der Waals surface area contributed by atoms with Gasteiger partial charge < -0.3 is 11.1 Å². The monoisotopic (exact) mass is 311 g/mol. The van der Waals surface area contributed by atoms with E-state index in [-0.39, 0.29) is 18.3 Å². The van der Waals surface area contributed by atoms with Crippen LogP contribution in [0, 0.1) is 0 Å². The van der Waals surface area contributed by atoms with Crippen molar-refractivity contribution in [1.29, 1.82) is 0 Å². The van der Waals surface area contributed by atoms with Gasteiger partial charge in [0, 0.05) is 10.4 Å². The molecule has 1 atom stereocenters. The third-order valence-corrected chi connectivity index (χ3v) is 3.82. The molecule has 1 aromatic heterocycles. The molecule has 3 N–H and O–H groups in total. The van der Waals surface area contributed by atoms with Crippen molar-refractivity contribution >= 4 is 34.8 Å². The molecule has 1 amide bonds. The molecule has 0 bridgehead atoms. The van der Waals surface area contributed by atoms with Crippen LogP contribution >= 0.6 is 23.7 Å². The molecule has 4 nitrogen and oxygen atoms in total. The van der Waals surface area contributed by atoms with Crippen molar-refractivity contribution in [3.05, 3.63) is 35.2 Å². The van der Waals surface area contributed by atoms with E-state index in [1.54, 1.807) is 6.92 Å². The van der Waals surface area contributed by atoms with E-state index < -0.39 is 6.04 Å². The Hall–Kier alpha value is -1.43. The lowest BCUT2D eigenvalue weighted by Crippen LogP contribution is -2.32. The van der Waals surface area contributed by atoms with Gasteiger partial charge in [0.25, 0.3) is 0 Å². The predicted molar refractivity (Wildman–Crippen MR) is 86.5 cm³/mol. The van der Waals surface area contributed by atoms with Crippen molar-refractivity contribution in [2.75, 3.05) is 5.32 Å². The zero-order valence-electron chi connectivity index (χ0n) is 11.4. The molecule has 1 aromatic carbocycles. The molecule has 0 aliphatic heterocycles. The molecule has 0 fully saturated rings. The molecule has 0 radical (unpaired) electrons. The minimum absolute atomic E-state index is 0. The summed E-state index contributed by atoms with van der Waals surface area (Å²) in [6.07, 6.45) is 0.885. The van der Waals surface area contributed by atoms with Crippen LogP contribution in [0.2, 0.25) is 0 Å². The maximum absolute atomic E-state index is 11.6. The van der Waals surface area contributed by atoms with Gasteiger partial charge in [0.1, 0.15) is 0 Å². The molecule has 0 aliphatic carbocycles. The number of thiazole rings is 1. The summed E-state index contributed by atoms with van der Waals surface area (Å²) in [5.74, 6) is -0.212. The van der Waals surface area contributed by atoms with Crippen molar-refractivity contribution < 1.29 is 4.79 Å². The quantitative estimate of drug-likeness (QED) is 0.911. The number of nitrogens with one attached hydrogen (secondary N) is 1. The van der Waals surface area contributed by atoms with Gasteiger partial charge in [-0.15, -0.1) is 23.7 Å². The second-order valence-electron chi connectivity index (χ2n) is 4.29. The van der Waals surface area contributed by atoms with Gasteiger partial charge >= 0.3 is 0 Å². The van der Waals surface area contributed by atoms with Gasteiger partial charge in [0.15, 0.2) is 5.13 Å². The zero-order valence-corrected chi connectivity index (χ0v) is 13.1. The third kappa shape index (κ3) is 3.79. The highest BCUT2D eigenvalue weighted by atomic mass is 35.5. The Morgan fingerprint density at radius 3 is 2.60 bits per heavy atom. The molecule has 1 heterocycles. The van der Waals surface area contributed by atoms with Crippen LogP contribution in [0.3, 0.4) is 0 Å². The van der Waals surface area contributed by atoms with Gasteiger partial charge in [0.05, 0.1) is 11.7 Å². The molecule has 0 aliphatic rings. The topological polar surface area (TPSA) is 68.0 Å². The normalized spacial score (nSPS) is 11.6. The summed E-state index contributed by atoms with van der Waals surface area (Å²) in [5.41, 5.74) is 7.54. The number of halogens is 1. The summed E-state index contributed by atoms with van der Waals surface area (Å²) < 4.78 is 0. The van der Waals surface area contributed by atoms with Crippen LogP contribution in [0.15, 0.2) is 30.3 Å². The maximum Gasteiger partial charge on any atom is 0.242 e. The fourth-order valence-electron chi connectivity index (χ4n) is 1.69. The van der Waals surface area contributed by atoms with Gasteiger partial charge in [0.2, 0.25) is 5.91 Å². The van der Waals surface area contributed by atoms with Crippen LogP contribution in [0.25, 0.3) is 11.3 Å². The number of nitrogens with zero attached hydrogens (tertiary/aromatic N) is 1. The highest BCUT2D eigenvalue weighted by Crippen LogP contribution is 2.31. The summed E-state index contributed by atoms with van der Waals surface area (Å²) in [7, 11) is 0. The lowest BCUT2D eigenvalue weighted by Gasteiger charge is -2.03. The molecule has 20 heavy (non-hydrogen) atoms. The average Bonchev–Trinajstić information content (AvgIpc) is 2.82. The Morgan fingerprint density at radius 1 is 1.40 bits per heavy atom. The number of rotatable bonds is 4. The summed E-state index contributed by atoms with van der Waals surface area (Å²) in [5, 5.41) is 3.36. The van der Waals surface area contributed by atoms with E-state index in [2.05, 4.69) is 17.2 Å². The first-order chi connectivity index (χ1) is 9.11. The van der Waals surface area contributed by atoms with Crippen molar-refractivity contribution in [3.63, 3.8) is 0 Å². The SMILES string of the molecule is CCc1sc(NC(=O)[C@@H](C)N)nc1-c1ccccc1.Cl. The van der Waals surface area contributed by atoms with Crippen LogP contribution in [-0.4, -0.2) is 16.9 Å². The van der Waals surface area contributed by atoms with Crippen molar-refractivity contribution in [2.45, 2.75) is 26.3 Å². The molecule has 0 spiro atoms. The number of carbonyl (C=O) groups excluding carboxylic acids is 1. The largest absolute Gasteiger partial charge is 0.320 e. The van der Waals surface area contributed by atoms with E-state index in [0.717, 1.165) is 22.6 Å². The standard InChI is InChI=1S/C14H17N3OS.ClH/c1-3-11-12(10-7-5-4-6-8-10)16-14(19-11)17-13(18)9(2)15;/h4-9H,3,15H2,1-2H3,(H,16,17,18);1H/t9-;/m1./s1. The Balaban J connectivity index is 0.00000200. The first-order valence-corrected chi connectivity index (χ1v) is 7.05. The summed E-state index contributed by atoms with van der Waals surface area (Å²) in [6, 6.07) is 9.44. The van der Waals surface area contributed by atoms with E-state index in [4.69, 9.17) is 5.73 Å². The lowest BCUT2D eigenvalue weighted by atomic mass is 10.1. The van der Waals surface area contributed by atoms with Gasteiger partial charge in [-0.1, -0.05) is 37.3 Å². The van der Waals surface area contributed by atoms with Crippen molar-refractivity contribution in [2.24, 2.45) is 5.73 Å². The van der Waals surface area contributed by atoms with Gasteiger partial charge in [-0.05, 0) is 13.3 Å². The van der Waals surface area contributed by atoms with Gasteiger partial charge in [-0.3, -0.25) is 4.79 Å².